The third-order valence-corrected chi connectivity index (χ3v) is 4.35. The highest BCUT2D eigenvalue weighted by Crippen LogP contribution is 2.09. The number of pyridine rings is 1. The number of fused-ring (bicyclic) bond motifs is 1. The number of halogens is 1. The number of aliphatic imine (C=N–C) groups is 1. The standard InChI is InChI=1S/C20H25N5.HI/c1-4-16-9-5-6-10-17(16)12-22-20(21-3)23-13-18-14-25-15(2)8-7-11-19(25)24-18;/h5-11,14H,4,12-13H2,1-3H3,(H2,21,22,23);1H. The molecule has 0 saturated heterocycles. The van der Waals surface area contributed by atoms with E-state index in [2.05, 4.69) is 75.4 Å². The van der Waals surface area contributed by atoms with Crippen LogP contribution in [0.5, 0.6) is 0 Å². The molecule has 0 aliphatic heterocycles. The largest absolute Gasteiger partial charge is 0.352 e. The maximum atomic E-state index is 4.64. The van der Waals surface area contributed by atoms with Crippen molar-refractivity contribution >= 4 is 35.6 Å². The maximum Gasteiger partial charge on any atom is 0.191 e. The van der Waals surface area contributed by atoms with Crippen LogP contribution in [0.2, 0.25) is 0 Å². The van der Waals surface area contributed by atoms with E-state index in [1.165, 1.54) is 16.8 Å². The molecule has 5 nitrogen and oxygen atoms in total. The van der Waals surface area contributed by atoms with E-state index in [0.29, 0.717) is 6.54 Å². The van der Waals surface area contributed by atoms with Gasteiger partial charge >= 0.3 is 0 Å². The lowest BCUT2D eigenvalue weighted by molar-refractivity contribution is 0.793. The van der Waals surface area contributed by atoms with Crippen molar-refractivity contribution in [3.8, 4) is 0 Å². The number of aryl methyl sites for hydroxylation is 2. The highest BCUT2D eigenvalue weighted by atomic mass is 127. The van der Waals surface area contributed by atoms with Crippen molar-refractivity contribution in [1.82, 2.24) is 20.0 Å². The Morgan fingerprint density at radius 3 is 2.46 bits per heavy atom. The molecule has 1 aromatic carbocycles. The van der Waals surface area contributed by atoms with Gasteiger partial charge in [0, 0.05) is 25.5 Å². The van der Waals surface area contributed by atoms with E-state index in [1.807, 2.05) is 12.1 Å². The minimum Gasteiger partial charge on any atom is -0.352 e. The van der Waals surface area contributed by atoms with Crippen molar-refractivity contribution in [3.63, 3.8) is 0 Å². The lowest BCUT2D eigenvalue weighted by Gasteiger charge is -2.13. The van der Waals surface area contributed by atoms with Crippen LogP contribution in [-0.2, 0) is 19.5 Å². The van der Waals surface area contributed by atoms with Gasteiger partial charge in [0.2, 0.25) is 0 Å². The summed E-state index contributed by atoms with van der Waals surface area (Å²) >= 11 is 0. The predicted molar refractivity (Wildman–Crippen MR) is 118 cm³/mol. The molecule has 0 aliphatic carbocycles. The summed E-state index contributed by atoms with van der Waals surface area (Å²) in [6, 6.07) is 14.6. The summed E-state index contributed by atoms with van der Waals surface area (Å²) < 4.78 is 2.10. The topological polar surface area (TPSA) is 53.7 Å². The maximum absolute atomic E-state index is 4.64. The average Bonchev–Trinajstić information content (AvgIpc) is 3.06. The minimum absolute atomic E-state index is 0. The van der Waals surface area contributed by atoms with Gasteiger partial charge in [0.15, 0.2) is 5.96 Å². The number of aromatic nitrogens is 2. The summed E-state index contributed by atoms with van der Waals surface area (Å²) in [7, 11) is 1.79. The lowest BCUT2D eigenvalue weighted by Crippen LogP contribution is -2.36. The van der Waals surface area contributed by atoms with Crippen molar-refractivity contribution in [3.05, 3.63) is 71.2 Å². The Balaban J connectivity index is 0.00000243. The van der Waals surface area contributed by atoms with Gasteiger partial charge in [-0.15, -0.1) is 24.0 Å². The lowest BCUT2D eigenvalue weighted by atomic mass is 10.1. The summed E-state index contributed by atoms with van der Waals surface area (Å²) in [6.07, 6.45) is 3.10. The zero-order valence-electron chi connectivity index (χ0n) is 15.5. The van der Waals surface area contributed by atoms with Crippen LogP contribution in [0.3, 0.4) is 0 Å². The van der Waals surface area contributed by atoms with Crippen LogP contribution in [0.25, 0.3) is 5.65 Å². The van der Waals surface area contributed by atoms with Crippen LogP contribution in [0.4, 0.5) is 0 Å². The van der Waals surface area contributed by atoms with Crippen LogP contribution < -0.4 is 10.6 Å². The highest BCUT2D eigenvalue weighted by Gasteiger charge is 2.05. The molecule has 0 saturated carbocycles. The molecule has 2 heterocycles. The van der Waals surface area contributed by atoms with Gasteiger partial charge in [0.25, 0.3) is 0 Å². The number of hydrogen-bond donors (Lipinski definition) is 2. The fraction of sp³-hybridized carbons (Fsp3) is 0.300. The van der Waals surface area contributed by atoms with E-state index >= 15 is 0 Å². The Morgan fingerprint density at radius 1 is 1.04 bits per heavy atom. The van der Waals surface area contributed by atoms with Gasteiger partial charge in [0.1, 0.15) is 5.65 Å². The number of rotatable bonds is 5. The van der Waals surface area contributed by atoms with Gasteiger partial charge < -0.3 is 15.0 Å². The van der Waals surface area contributed by atoms with Gasteiger partial charge in [-0.05, 0) is 36.6 Å². The SMILES string of the molecule is CCc1ccccc1CNC(=NC)NCc1cn2c(C)cccc2n1.I. The van der Waals surface area contributed by atoms with Crippen molar-refractivity contribution < 1.29 is 0 Å². The van der Waals surface area contributed by atoms with Crippen LogP contribution in [0.1, 0.15) is 29.4 Å². The van der Waals surface area contributed by atoms with Gasteiger partial charge in [-0.2, -0.15) is 0 Å². The molecule has 0 atom stereocenters. The van der Waals surface area contributed by atoms with E-state index in [1.54, 1.807) is 7.05 Å². The van der Waals surface area contributed by atoms with E-state index < -0.39 is 0 Å². The Labute approximate surface area is 172 Å². The molecule has 3 aromatic rings. The third-order valence-electron chi connectivity index (χ3n) is 4.35. The quantitative estimate of drug-likeness (QED) is 0.345. The molecule has 0 amide bonds. The van der Waals surface area contributed by atoms with Gasteiger partial charge in [-0.3, -0.25) is 4.99 Å². The number of guanidine groups is 1. The monoisotopic (exact) mass is 463 g/mol. The fourth-order valence-electron chi connectivity index (χ4n) is 2.93. The highest BCUT2D eigenvalue weighted by molar-refractivity contribution is 14.0. The van der Waals surface area contributed by atoms with Crippen LogP contribution in [0.15, 0.2) is 53.7 Å². The molecule has 0 radical (unpaired) electrons. The zero-order valence-corrected chi connectivity index (χ0v) is 17.8. The number of nitrogens with zero attached hydrogens (tertiary/aromatic N) is 3. The van der Waals surface area contributed by atoms with Crippen LogP contribution in [0, 0.1) is 6.92 Å². The van der Waals surface area contributed by atoms with Crippen molar-refractivity contribution in [1.29, 1.82) is 0 Å². The Morgan fingerprint density at radius 2 is 1.77 bits per heavy atom. The Bertz CT molecular complexity index is 885. The number of imidazole rings is 1. The van der Waals surface area contributed by atoms with Gasteiger partial charge in [-0.1, -0.05) is 37.3 Å². The van der Waals surface area contributed by atoms with Gasteiger partial charge in [0.05, 0.1) is 12.2 Å². The number of benzene rings is 1. The van der Waals surface area contributed by atoms with Gasteiger partial charge in [-0.25, -0.2) is 4.98 Å². The first-order valence-corrected chi connectivity index (χ1v) is 8.66. The molecule has 2 N–H and O–H groups in total. The van der Waals surface area contributed by atoms with E-state index in [4.69, 9.17) is 0 Å². The fourth-order valence-corrected chi connectivity index (χ4v) is 2.93. The molecule has 26 heavy (non-hydrogen) atoms. The van der Waals surface area contributed by atoms with E-state index in [0.717, 1.165) is 30.3 Å². The molecular formula is C20H26IN5. The first-order valence-electron chi connectivity index (χ1n) is 8.66. The summed E-state index contributed by atoms with van der Waals surface area (Å²) in [5.74, 6) is 0.777. The average molecular weight is 463 g/mol. The first kappa shape index (κ1) is 20.2. The van der Waals surface area contributed by atoms with E-state index in [-0.39, 0.29) is 24.0 Å². The Kier molecular flexibility index (Phi) is 7.44. The Hall–Kier alpha value is -2.09. The summed E-state index contributed by atoms with van der Waals surface area (Å²) in [6.45, 7) is 5.65. The minimum atomic E-state index is 0. The number of hydrogen-bond acceptors (Lipinski definition) is 2. The van der Waals surface area contributed by atoms with Crippen molar-refractivity contribution in [2.75, 3.05) is 7.05 Å². The molecule has 0 unspecified atom stereocenters. The molecule has 6 heteroatoms. The summed E-state index contributed by atoms with van der Waals surface area (Å²) in [5.41, 5.74) is 5.80. The molecule has 0 spiro atoms. The second-order valence-electron chi connectivity index (χ2n) is 6.03. The third kappa shape index (κ3) is 4.75. The molecule has 3 rings (SSSR count). The van der Waals surface area contributed by atoms with Crippen LogP contribution >= 0.6 is 24.0 Å². The zero-order chi connectivity index (χ0) is 17.6. The molecule has 0 aliphatic rings. The van der Waals surface area contributed by atoms with Crippen molar-refractivity contribution in [2.24, 2.45) is 4.99 Å². The smallest absolute Gasteiger partial charge is 0.191 e. The molecule has 0 fully saturated rings. The molecule has 2 aromatic heterocycles. The second kappa shape index (κ2) is 9.56. The molecule has 138 valence electrons. The first-order chi connectivity index (χ1) is 12.2. The summed E-state index contributed by atoms with van der Waals surface area (Å²) in [5, 5.41) is 6.72. The summed E-state index contributed by atoms with van der Waals surface area (Å²) in [4.78, 5) is 8.95. The molecule has 0 bridgehead atoms. The predicted octanol–water partition coefficient (Wildman–Crippen LogP) is 3.69. The number of nitrogens with one attached hydrogen (secondary N) is 2. The van der Waals surface area contributed by atoms with Crippen LogP contribution in [-0.4, -0.2) is 22.4 Å². The normalized spacial score (nSPS) is 11.3. The van der Waals surface area contributed by atoms with E-state index in [9.17, 15) is 0 Å². The second-order valence-corrected chi connectivity index (χ2v) is 6.03. The molecular weight excluding hydrogens is 437 g/mol. The van der Waals surface area contributed by atoms with Crippen molar-refractivity contribution in [2.45, 2.75) is 33.4 Å².